The van der Waals surface area contributed by atoms with Gasteiger partial charge in [-0.2, -0.15) is 0 Å². The van der Waals surface area contributed by atoms with E-state index in [9.17, 15) is 0 Å². The van der Waals surface area contributed by atoms with Gasteiger partial charge >= 0.3 is 0 Å². The Labute approximate surface area is 187 Å². The molecule has 0 amide bonds. The number of aromatic nitrogens is 2. The summed E-state index contributed by atoms with van der Waals surface area (Å²) in [5.74, 6) is 1.83. The number of aryl methyl sites for hydroxylation is 1. The van der Waals surface area contributed by atoms with E-state index in [1.807, 2.05) is 7.05 Å². The lowest BCUT2D eigenvalue weighted by molar-refractivity contribution is 0.313. The molecule has 0 radical (unpaired) electrons. The van der Waals surface area contributed by atoms with Crippen LogP contribution in [0.1, 0.15) is 68.2 Å². The van der Waals surface area contributed by atoms with Gasteiger partial charge in [-0.05, 0) is 70.3 Å². The Hall–Kier alpha value is -2.18. The van der Waals surface area contributed by atoms with Crippen LogP contribution in [-0.4, -0.2) is 48.1 Å². The topological polar surface area (TPSA) is 56.3 Å². The fourth-order valence-corrected chi connectivity index (χ4v) is 4.91. The predicted octanol–water partition coefficient (Wildman–Crippen LogP) is 4.13. The molecular formula is C25H38N6. The van der Waals surface area contributed by atoms with Crippen molar-refractivity contribution < 1.29 is 0 Å². The first-order valence-corrected chi connectivity index (χ1v) is 11.9. The molecule has 0 bridgehead atoms. The van der Waals surface area contributed by atoms with Gasteiger partial charge in [-0.15, -0.1) is 0 Å². The van der Waals surface area contributed by atoms with Gasteiger partial charge < -0.3 is 15.5 Å². The van der Waals surface area contributed by atoms with Gasteiger partial charge in [0.1, 0.15) is 11.6 Å². The molecule has 1 atom stereocenters. The molecule has 1 aromatic heterocycles. The SMILES string of the molecule is CNc1cc(CN(C)Cc2ccc3c(c2)CCCN3C(C)C)nc([C@H]2CCCCN2)n1. The van der Waals surface area contributed by atoms with E-state index in [0.29, 0.717) is 6.04 Å². The van der Waals surface area contributed by atoms with Crippen molar-refractivity contribution in [2.75, 3.05) is 37.4 Å². The number of anilines is 2. The van der Waals surface area contributed by atoms with Crippen LogP contribution in [0.5, 0.6) is 0 Å². The van der Waals surface area contributed by atoms with Gasteiger partial charge in [-0.3, -0.25) is 4.90 Å². The first-order chi connectivity index (χ1) is 15.0. The van der Waals surface area contributed by atoms with E-state index in [-0.39, 0.29) is 6.04 Å². The number of nitrogens with one attached hydrogen (secondary N) is 2. The maximum atomic E-state index is 4.92. The van der Waals surface area contributed by atoms with Crippen LogP contribution in [0.25, 0.3) is 0 Å². The van der Waals surface area contributed by atoms with Crippen molar-refractivity contribution in [3.63, 3.8) is 0 Å². The normalized spacial score (nSPS) is 19.0. The number of nitrogens with zero attached hydrogens (tertiary/aromatic N) is 4. The monoisotopic (exact) mass is 422 g/mol. The lowest BCUT2D eigenvalue weighted by Crippen LogP contribution is -2.35. The Morgan fingerprint density at radius 1 is 1.16 bits per heavy atom. The second kappa shape index (κ2) is 9.96. The molecule has 168 valence electrons. The summed E-state index contributed by atoms with van der Waals surface area (Å²) in [5, 5.41) is 6.79. The molecule has 2 aliphatic heterocycles. The third-order valence-corrected chi connectivity index (χ3v) is 6.48. The first-order valence-electron chi connectivity index (χ1n) is 11.9. The largest absolute Gasteiger partial charge is 0.373 e. The van der Waals surface area contributed by atoms with Crippen molar-refractivity contribution in [2.45, 2.75) is 71.1 Å². The van der Waals surface area contributed by atoms with Crippen LogP contribution in [0.3, 0.4) is 0 Å². The summed E-state index contributed by atoms with van der Waals surface area (Å²) in [6.45, 7) is 8.53. The zero-order valence-electron chi connectivity index (χ0n) is 19.6. The Kier molecular flexibility index (Phi) is 7.08. The average molecular weight is 423 g/mol. The average Bonchev–Trinajstić information content (AvgIpc) is 2.78. The Morgan fingerprint density at radius 2 is 2.03 bits per heavy atom. The number of rotatable bonds is 7. The van der Waals surface area contributed by atoms with E-state index in [2.05, 4.69) is 65.6 Å². The maximum absolute atomic E-state index is 4.92. The van der Waals surface area contributed by atoms with Gasteiger partial charge in [0.15, 0.2) is 0 Å². The first kappa shape index (κ1) is 22.0. The number of hydrogen-bond acceptors (Lipinski definition) is 6. The van der Waals surface area contributed by atoms with Crippen LogP contribution in [0.2, 0.25) is 0 Å². The smallest absolute Gasteiger partial charge is 0.147 e. The standard InChI is InChI=1S/C25H38N6/c1-18(2)31-13-7-8-20-14-19(10-11-23(20)31)16-30(4)17-21-15-24(26-3)29-25(28-21)22-9-5-6-12-27-22/h10-11,14-15,18,22,27H,5-9,12-13,16-17H2,1-4H3,(H,26,28,29)/t22-/m1/s1. The highest BCUT2D eigenvalue weighted by Gasteiger charge is 2.21. The number of benzene rings is 1. The molecule has 6 nitrogen and oxygen atoms in total. The summed E-state index contributed by atoms with van der Waals surface area (Å²) < 4.78 is 0. The fourth-order valence-electron chi connectivity index (χ4n) is 4.91. The molecule has 1 aromatic carbocycles. The summed E-state index contributed by atoms with van der Waals surface area (Å²) in [5.41, 5.74) is 5.37. The zero-order chi connectivity index (χ0) is 21.8. The van der Waals surface area contributed by atoms with Crippen LogP contribution in [-0.2, 0) is 19.5 Å². The van der Waals surface area contributed by atoms with E-state index < -0.39 is 0 Å². The van der Waals surface area contributed by atoms with E-state index >= 15 is 0 Å². The summed E-state index contributed by atoms with van der Waals surface area (Å²) in [6.07, 6.45) is 6.03. The van der Waals surface area contributed by atoms with Crippen molar-refractivity contribution in [3.8, 4) is 0 Å². The van der Waals surface area contributed by atoms with Crippen LogP contribution in [0, 0.1) is 0 Å². The molecule has 6 heteroatoms. The highest BCUT2D eigenvalue weighted by molar-refractivity contribution is 5.57. The maximum Gasteiger partial charge on any atom is 0.147 e. The summed E-state index contributed by atoms with van der Waals surface area (Å²) in [6, 6.07) is 9.95. The van der Waals surface area contributed by atoms with Gasteiger partial charge in [0.05, 0.1) is 11.7 Å². The van der Waals surface area contributed by atoms with Crippen molar-refractivity contribution in [2.24, 2.45) is 0 Å². The van der Waals surface area contributed by atoms with Crippen LogP contribution in [0.4, 0.5) is 11.5 Å². The van der Waals surface area contributed by atoms with Gasteiger partial charge in [-0.25, -0.2) is 9.97 Å². The number of fused-ring (bicyclic) bond motifs is 1. The molecule has 2 aliphatic rings. The molecule has 2 aromatic rings. The second-order valence-corrected chi connectivity index (χ2v) is 9.38. The third-order valence-electron chi connectivity index (χ3n) is 6.48. The molecule has 0 saturated carbocycles. The molecule has 0 spiro atoms. The quantitative estimate of drug-likeness (QED) is 0.700. The van der Waals surface area contributed by atoms with E-state index in [0.717, 1.165) is 43.4 Å². The lowest BCUT2D eigenvalue weighted by atomic mass is 9.98. The molecule has 31 heavy (non-hydrogen) atoms. The highest BCUT2D eigenvalue weighted by Crippen LogP contribution is 2.30. The Balaban J connectivity index is 1.45. The third kappa shape index (κ3) is 5.36. The summed E-state index contributed by atoms with van der Waals surface area (Å²) >= 11 is 0. The van der Waals surface area contributed by atoms with E-state index in [1.54, 1.807) is 0 Å². The lowest BCUT2D eigenvalue weighted by Gasteiger charge is -2.35. The van der Waals surface area contributed by atoms with E-state index in [1.165, 1.54) is 49.0 Å². The van der Waals surface area contributed by atoms with Crippen molar-refractivity contribution in [1.82, 2.24) is 20.2 Å². The molecule has 1 saturated heterocycles. The number of piperidine rings is 1. The van der Waals surface area contributed by atoms with Crippen LogP contribution >= 0.6 is 0 Å². The molecule has 2 N–H and O–H groups in total. The van der Waals surface area contributed by atoms with Crippen molar-refractivity contribution >= 4 is 11.5 Å². The molecule has 0 unspecified atom stereocenters. The van der Waals surface area contributed by atoms with Crippen LogP contribution < -0.4 is 15.5 Å². The van der Waals surface area contributed by atoms with Gasteiger partial charge in [0.25, 0.3) is 0 Å². The minimum atomic E-state index is 0.274. The Bertz CT molecular complexity index is 874. The second-order valence-electron chi connectivity index (χ2n) is 9.38. The van der Waals surface area contributed by atoms with E-state index in [4.69, 9.17) is 9.97 Å². The molecule has 4 rings (SSSR count). The highest BCUT2D eigenvalue weighted by atomic mass is 15.2. The number of hydrogen-bond donors (Lipinski definition) is 2. The minimum absolute atomic E-state index is 0.274. The summed E-state index contributed by atoms with van der Waals surface area (Å²) in [4.78, 5) is 14.5. The minimum Gasteiger partial charge on any atom is -0.373 e. The zero-order valence-corrected chi connectivity index (χ0v) is 19.6. The summed E-state index contributed by atoms with van der Waals surface area (Å²) in [7, 11) is 4.11. The van der Waals surface area contributed by atoms with Crippen molar-refractivity contribution in [3.05, 3.63) is 46.9 Å². The van der Waals surface area contributed by atoms with Gasteiger partial charge in [-0.1, -0.05) is 18.6 Å². The molecular weight excluding hydrogens is 384 g/mol. The predicted molar refractivity (Wildman–Crippen MR) is 129 cm³/mol. The fraction of sp³-hybridized carbons (Fsp3) is 0.600. The van der Waals surface area contributed by atoms with Gasteiger partial charge in [0.2, 0.25) is 0 Å². The molecule has 3 heterocycles. The van der Waals surface area contributed by atoms with Crippen molar-refractivity contribution in [1.29, 1.82) is 0 Å². The van der Waals surface area contributed by atoms with Gasteiger partial charge in [0, 0.05) is 44.5 Å². The molecule has 1 fully saturated rings. The Morgan fingerprint density at radius 3 is 2.77 bits per heavy atom. The molecule has 0 aliphatic carbocycles. The van der Waals surface area contributed by atoms with Crippen LogP contribution in [0.15, 0.2) is 24.3 Å².